The van der Waals surface area contributed by atoms with Gasteiger partial charge in [-0.25, -0.2) is 0 Å². The van der Waals surface area contributed by atoms with Crippen molar-refractivity contribution in [3.8, 4) is 6.07 Å². The van der Waals surface area contributed by atoms with Gasteiger partial charge in [0.2, 0.25) is 0 Å². The lowest BCUT2D eigenvalue weighted by atomic mass is 9.92. The third-order valence-electron chi connectivity index (χ3n) is 3.35. The van der Waals surface area contributed by atoms with Crippen molar-refractivity contribution in [2.45, 2.75) is 24.9 Å². The van der Waals surface area contributed by atoms with E-state index in [0.717, 1.165) is 24.1 Å². The zero-order valence-electron chi connectivity index (χ0n) is 10.3. The summed E-state index contributed by atoms with van der Waals surface area (Å²) in [6, 6.07) is 10.1. The lowest BCUT2D eigenvalue weighted by Crippen LogP contribution is -2.19. The van der Waals surface area contributed by atoms with Crippen molar-refractivity contribution in [1.82, 2.24) is 0 Å². The van der Waals surface area contributed by atoms with Crippen molar-refractivity contribution < 1.29 is 5.11 Å². The molecule has 17 heavy (non-hydrogen) atoms. The second-order valence-electron chi connectivity index (χ2n) is 4.92. The molecule has 1 N–H and O–H groups in total. The lowest BCUT2D eigenvalue weighted by Gasteiger charge is -2.18. The van der Waals surface area contributed by atoms with Gasteiger partial charge in [0.25, 0.3) is 0 Å². The summed E-state index contributed by atoms with van der Waals surface area (Å²) in [5, 5.41) is 19.2. The minimum Gasteiger partial charge on any atom is -0.391 e. The van der Waals surface area contributed by atoms with Gasteiger partial charge in [0.05, 0.1) is 18.1 Å². The highest BCUT2D eigenvalue weighted by atomic mass is 16.3. The van der Waals surface area contributed by atoms with E-state index in [1.807, 2.05) is 43.3 Å². The van der Waals surface area contributed by atoms with Gasteiger partial charge in [0, 0.05) is 19.8 Å². The van der Waals surface area contributed by atoms with E-state index in [4.69, 9.17) is 0 Å². The molecule has 2 atom stereocenters. The summed E-state index contributed by atoms with van der Waals surface area (Å²) in [5.41, 5.74) is 2.02. The van der Waals surface area contributed by atoms with Gasteiger partial charge in [0.15, 0.2) is 0 Å². The SMILES string of the molecule is CN(C)c1ccc(C(C#N)C(O)C2CC2)cc1. The van der Waals surface area contributed by atoms with Crippen LogP contribution in [-0.4, -0.2) is 25.3 Å². The summed E-state index contributed by atoms with van der Waals surface area (Å²) in [7, 11) is 3.96. The van der Waals surface area contributed by atoms with Gasteiger partial charge in [-0.1, -0.05) is 12.1 Å². The van der Waals surface area contributed by atoms with E-state index >= 15 is 0 Å². The van der Waals surface area contributed by atoms with Crippen LogP contribution in [0.4, 0.5) is 5.69 Å². The first-order valence-corrected chi connectivity index (χ1v) is 5.98. The molecule has 1 aliphatic rings. The van der Waals surface area contributed by atoms with E-state index in [0.29, 0.717) is 5.92 Å². The van der Waals surface area contributed by atoms with E-state index in [1.54, 1.807) is 0 Å². The molecule has 1 aromatic carbocycles. The molecule has 0 saturated heterocycles. The van der Waals surface area contributed by atoms with E-state index < -0.39 is 12.0 Å². The Balaban J connectivity index is 2.16. The van der Waals surface area contributed by atoms with Crippen LogP contribution in [0.3, 0.4) is 0 Å². The molecule has 2 unspecified atom stereocenters. The van der Waals surface area contributed by atoms with Crippen LogP contribution < -0.4 is 4.90 Å². The first kappa shape index (κ1) is 11.9. The van der Waals surface area contributed by atoms with E-state index in [2.05, 4.69) is 6.07 Å². The summed E-state index contributed by atoms with van der Waals surface area (Å²) in [6.07, 6.45) is 1.59. The Bertz CT molecular complexity index is 415. The number of hydrogen-bond donors (Lipinski definition) is 1. The Morgan fingerprint density at radius 1 is 1.29 bits per heavy atom. The molecule has 0 aromatic heterocycles. The summed E-state index contributed by atoms with van der Waals surface area (Å²) >= 11 is 0. The Hall–Kier alpha value is -1.53. The standard InChI is InChI=1S/C14H18N2O/c1-16(2)12-7-5-10(6-8-12)13(9-15)14(17)11-3-4-11/h5-8,11,13-14,17H,3-4H2,1-2H3. The van der Waals surface area contributed by atoms with Crippen LogP contribution in [0.25, 0.3) is 0 Å². The van der Waals surface area contributed by atoms with Gasteiger partial charge in [-0.3, -0.25) is 0 Å². The van der Waals surface area contributed by atoms with Gasteiger partial charge in [-0.15, -0.1) is 0 Å². The largest absolute Gasteiger partial charge is 0.391 e. The Kier molecular flexibility index (Phi) is 3.35. The zero-order valence-corrected chi connectivity index (χ0v) is 10.3. The number of nitriles is 1. The second-order valence-corrected chi connectivity index (χ2v) is 4.92. The molecule has 0 radical (unpaired) electrons. The average molecular weight is 230 g/mol. The van der Waals surface area contributed by atoms with Crippen LogP contribution in [0.5, 0.6) is 0 Å². The molecular weight excluding hydrogens is 212 g/mol. The van der Waals surface area contributed by atoms with Crippen molar-refractivity contribution >= 4 is 5.69 Å². The number of nitrogens with zero attached hydrogens (tertiary/aromatic N) is 2. The maximum Gasteiger partial charge on any atom is 0.0974 e. The molecule has 1 saturated carbocycles. The highest BCUT2D eigenvalue weighted by Crippen LogP contribution is 2.38. The van der Waals surface area contributed by atoms with Gasteiger partial charge < -0.3 is 10.0 Å². The number of rotatable bonds is 4. The van der Waals surface area contributed by atoms with E-state index in [1.165, 1.54) is 0 Å². The summed E-state index contributed by atoms with van der Waals surface area (Å²) in [6.45, 7) is 0. The molecule has 0 amide bonds. The fourth-order valence-corrected chi connectivity index (χ4v) is 2.04. The van der Waals surface area contributed by atoms with Crippen LogP contribution in [0.2, 0.25) is 0 Å². The molecular formula is C14H18N2O. The topological polar surface area (TPSA) is 47.3 Å². The molecule has 1 aliphatic carbocycles. The normalized spacial score (nSPS) is 18.2. The third kappa shape index (κ3) is 2.59. The average Bonchev–Trinajstić information content (AvgIpc) is 3.14. The first-order valence-electron chi connectivity index (χ1n) is 5.98. The predicted molar refractivity (Wildman–Crippen MR) is 67.9 cm³/mol. The number of aliphatic hydroxyl groups excluding tert-OH is 1. The van der Waals surface area contributed by atoms with Crippen molar-refractivity contribution in [3.63, 3.8) is 0 Å². The molecule has 2 rings (SSSR count). The van der Waals surface area contributed by atoms with Gasteiger partial charge in [-0.2, -0.15) is 5.26 Å². The fraction of sp³-hybridized carbons (Fsp3) is 0.500. The van der Waals surface area contributed by atoms with Crippen molar-refractivity contribution in [3.05, 3.63) is 29.8 Å². The molecule has 0 heterocycles. The van der Waals surface area contributed by atoms with Gasteiger partial charge in [0.1, 0.15) is 0 Å². The number of benzene rings is 1. The van der Waals surface area contributed by atoms with Crippen molar-refractivity contribution in [2.75, 3.05) is 19.0 Å². The highest BCUT2D eigenvalue weighted by molar-refractivity contribution is 5.47. The van der Waals surface area contributed by atoms with Crippen LogP contribution in [-0.2, 0) is 0 Å². The maximum atomic E-state index is 10.0. The summed E-state index contributed by atoms with van der Waals surface area (Å²) < 4.78 is 0. The molecule has 1 aromatic rings. The van der Waals surface area contributed by atoms with E-state index in [9.17, 15) is 10.4 Å². The van der Waals surface area contributed by atoms with Gasteiger partial charge in [-0.05, 0) is 36.5 Å². The van der Waals surface area contributed by atoms with Crippen LogP contribution in [0.1, 0.15) is 24.3 Å². The lowest BCUT2D eigenvalue weighted by molar-refractivity contribution is 0.138. The molecule has 0 aliphatic heterocycles. The van der Waals surface area contributed by atoms with Gasteiger partial charge >= 0.3 is 0 Å². The van der Waals surface area contributed by atoms with Crippen molar-refractivity contribution in [1.29, 1.82) is 5.26 Å². The Morgan fingerprint density at radius 2 is 1.88 bits per heavy atom. The Morgan fingerprint density at radius 3 is 2.29 bits per heavy atom. The molecule has 0 bridgehead atoms. The van der Waals surface area contributed by atoms with Crippen LogP contribution >= 0.6 is 0 Å². The number of anilines is 1. The first-order chi connectivity index (χ1) is 8.13. The number of hydrogen-bond acceptors (Lipinski definition) is 3. The molecule has 3 heteroatoms. The molecule has 90 valence electrons. The predicted octanol–water partition coefficient (Wildman–Crippen LogP) is 2.13. The van der Waals surface area contributed by atoms with E-state index in [-0.39, 0.29) is 0 Å². The third-order valence-corrected chi connectivity index (χ3v) is 3.35. The van der Waals surface area contributed by atoms with Crippen molar-refractivity contribution in [2.24, 2.45) is 5.92 Å². The smallest absolute Gasteiger partial charge is 0.0974 e. The minimum absolute atomic E-state index is 0.327. The maximum absolute atomic E-state index is 10.0. The van der Waals surface area contributed by atoms with Crippen LogP contribution in [0.15, 0.2) is 24.3 Å². The quantitative estimate of drug-likeness (QED) is 0.862. The minimum atomic E-state index is -0.509. The molecule has 1 fully saturated rings. The zero-order chi connectivity index (χ0) is 12.4. The second kappa shape index (κ2) is 4.77. The summed E-state index contributed by atoms with van der Waals surface area (Å²) in [4.78, 5) is 2.02. The number of aliphatic hydroxyl groups is 1. The molecule has 0 spiro atoms. The Labute approximate surface area is 102 Å². The monoisotopic (exact) mass is 230 g/mol. The highest BCUT2D eigenvalue weighted by Gasteiger charge is 2.36. The summed E-state index contributed by atoms with van der Waals surface area (Å²) in [5.74, 6) is -0.0631. The molecule has 3 nitrogen and oxygen atoms in total. The van der Waals surface area contributed by atoms with Crippen LogP contribution in [0, 0.1) is 17.2 Å². The fourth-order valence-electron chi connectivity index (χ4n) is 2.04.